The molecule has 0 radical (unpaired) electrons. The van der Waals surface area contributed by atoms with E-state index in [4.69, 9.17) is 5.11 Å². The molecule has 2 heterocycles. The standard InChI is InChI=1S/C11H13N3O2/c1-13-10(8-15)7-14(11(13)16)6-9-3-2-4-12-5-9/h2-5,7,15H,6,8H2,1H3. The third kappa shape index (κ3) is 1.90. The van der Waals surface area contributed by atoms with Gasteiger partial charge in [0.1, 0.15) is 0 Å². The maximum atomic E-state index is 11.7. The summed E-state index contributed by atoms with van der Waals surface area (Å²) >= 11 is 0. The molecule has 5 heteroatoms. The van der Waals surface area contributed by atoms with Crippen molar-refractivity contribution in [2.45, 2.75) is 13.2 Å². The average Bonchev–Trinajstić information content (AvgIpc) is 2.58. The monoisotopic (exact) mass is 219 g/mol. The molecule has 0 aliphatic rings. The molecule has 16 heavy (non-hydrogen) atoms. The van der Waals surface area contributed by atoms with E-state index in [1.165, 1.54) is 4.57 Å². The van der Waals surface area contributed by atoms with Crippen molar-refractivity contribution >= 4 is 0 Å². The minimum absolute atomic E-state index is 0.132. The lowest BCUT2D eigenvalue weighted by molar-refractivity contribution is 0.272. The zero-order valence-corrected chi connectivity index (χ0v) is 9.00. The molecular weight excluding hydrogens is 206 g/mol. The van der Waals surface area contributed by atoms with Gasteiger partial charge in [-0.2, -0.15) is 0 Å². The van der Waals surface area contributed by atoms with Crippen LogP contribution in [-0.4, -0.2) is 19.2 Å². The summed E-state index contributed by atoms with van der Waals surface area (Å²) in [5.74, 6) is 0. The van der Waals surface area contributed by atoms with Gasteiger partial charge in [-0.15, -0.1) is 0 Å². The fourth-order valence-corrected chi connectivity index (χ4v) is 1.59. The van der Waals surface area contributed by atoms with Crippen LogP contribution in [0.4, 0.5) is 0 Å². The van der Waals surface area contributed by atoms with E-state index < -0.39 is 0 Å². The number of aromatic nitrogens is 3. The molecule has 5 nitrogen and oxygen atoms in total. The molecule has 0 amide bonds. The van der Waals surface area contributed by atoms with Crippen molar-refractivity contribution in [3.05, 3.63) is 52.5 Å². The topological polar surface area (TPSA) is 60.1 Å². The summed E-state index contributed by atoms with van der Waals surface area (Å²) in [4.78, 5) is 15.7. The van der Waals surface area contributed by atoms with E-state index >= 15 is 0 Å². The van der Waals surface area contributed by atoms with Crippen molar-refractivity contribution in [1.82, 2.24) is 14.1 Å². The summed E-state index contributed by atoms with van der Waals surface area (Å²) in [6.07, 6.45) is 5.07. The Bertz CT molecular complexity index is 528. The van der Waals surface area contributed by atoms with Crippen molar-refractivity contribution in [3.8, 4) is 0 Å². The van der Waals surface area contributed by atoms with Crippen molar-refractivity contribution in [1.29, 1.82) is 0 Å². The van der Waals surface area contributed by atoms with Crippen molar-refractivity contribution in [3.63, 3.8) is 0 Å². The van der Waals surface area contributed by atoms with E-state index in [1.807, 2.05) is 12.1 Å². The quantitative estimate of drug-likeness (QED) is 0.797. The minimum Gasteiger partial charge on any atom is -0.390 e. The third-order valence-corrected chi connectivity index (χ3v) is 2.51. The number of imidazole rings is 1. The van der Waals surface area contributed by atoms with Crippen molar-refractivity contribution < 1.29 is 5.11 Å². The minimum atomic E-state index is -0.133. The summed E-state index contributed by atoms with van der Waals surface area (Å²) < 4.78 is 3.00. The van der Waals surface area contributed by atoms with Gasteiger partial charge >= 0.3 is 5.69 Å². The van der Waals surface area contributed by atoms with Crippen molar-refractivity contribution in [2.24, 2.45) is 7.05 Å². The Kier molecular flexibility index (Phi) is 2.87. The van der Waals surface area contributed by atoms with Crippen LogP contribution in [0.1, 0.15) is 11.3 Å². The summed E-state index contributed by atoms with van der Waals surface area (Å²) in [5.41, 5.74) is 1.43. The Morgan fingerprint density at radius 1 is 1.50 bits per heavy atom. The van der Waals surface area contributed by atoms with Gasteiger partial charge in [0.05, 0.1) is 18.8 Å². The van der Waals surface area contributed by atoms with E-state index in [0.29, 0.717) is 12.2 Å². The maximum Gasteiger partial charge on any atom is 0.328 e. The van der Waals surface area contributed by atoms with Gasteiger partial charge in [0.2, 0.25) is 0 Å². The van der Waals surface area contributed by atoms with Crippen LogP contribution in [0.15, 0.2) is 35.5 Å². The maximum absolute atomic E-state index is 11.7. The number of nitrogens with zero attached hydrogens (tertiary/aromatic N) is 3. The Balaban J connectivity index is 2.33. The molecule has 0 fully saturated rings. The normalized spacial score (nSPS) is 10.6. The molecule has 0 bridgehead atoms. The van der Waals surface area contributed by atoms with E-state index in [9.17, 15) is 4.79 Å². The zero-order valence-electron chi connectivity index (χ0n) is 9.00. The lowest BCUT2D eigenvalue weighted by Crippen LogP contribution is -2.23. The van der Waals surface area contributed by atoms with Gasteiger partial charge in [0, 0.05) is 25.6 Å². The van der Waals surface area contributed by atoms with Gasteiger partial charge in [-0.3, -0.25) is 14.1 Å². The highest BCUT2D eigenvalue weighted by Gasteiger charge is 2.07. The molecule has 0 saturated carbocycles. The largest absolute Gasteiger partial charge is 0.390 e. The van der Waals surface area contributed by atoms with Gasteiger partial charge in [-0.25, -0.2) is 4.79 Å². The predicted molar refractivity (Wildman–Crippen MR) is 58.9 cm³/mol. The van der Waals surface area contributed by atoms with Gasteiger partial charge in [0.15, 0.2) is 0 Å². The lowest BCUT2D eigenvalue weighted by Gasteiger charge is -1.99. The number of hydrogen-bond acceptors (Lipinski definition) is 3. The van der Waals surface area contributed by atoms with Crippen LogP contribution in [0.3, 0.4) is 0 Å². The van der Waals surface area contributed by atoms with Crippen LogP contribution in [0.25, 0.3) is 0 Å². The Labute approximate surface area is 92.6 Å². The second kappa shape index (κ2) is 4.32. The van der Waals surface area contributed by atoms with E-state index in [0.717, 1.165) is 5.56 Å². The fraction of sp³-hybridized carbons (Fsp3) is 0.273. The van der Waals surface area contributed by atoms with Crippen LogP contribution < -0.4 is 5.69 Å². The summed E-state index contributed by atoms with van der Waals surface area (Å²) in [6.45, 7) is 0.340. The molecule has 2 rings (SSSR count). The van der Waals surface area contributed by atoms with Crippen LogP contribution in [0.5, 0.6) is 0 Å². The molecule has 2 aromatic heterocycles. The number of pyridine rings is 1. The first-order valence-corrected chi connectivity index (χ1v) is 4.97. The fourth-order valence-electron chi connectivity index (χ4n) is 1.59. The van der Waals surface area contributed by atoms with E-state index in [2.05, 4.69) is 4.98 Å². The van der Waals surface area contributed by atoms with E-state index in [-0.39, 0.29) is 12.3 Å². The first-order valence-electron chi connectivity index (χ1n) is 4.97. The summed E-state index contributed by atoms with van der Waals surface area (Å²) in [7, 11) is 1.65. The molecular formula is C11H13N3O2. The molecule has 0 unspecified atom stereocenters. The molecule has 1 N–H and O–H groups in total. The first kappa shape index (κ1) is 10.6. The predicted octanol–water partition coefficient (Wildman–Crippen LogP) is 0.122. The smallest absolute Gasteiger partial charge is 0.328 e. The SMILES string of the molecule is Cn1c(CO)cn(Cc2cccnc2)c1=O. The first-order chi connectivity index (χ1) is 7.72. The van der Waals surface area contributed by atoms with Crippen LogP contribution in [-0.2, 0) is 20.2 Å². The highest BCUT2D eigenvalue weighted by Crippen LogP contribution is 2.01. The van der Waals surface area contributed by atoms with Crippen molar-refractivity contribution in [2.75, 3.05) is 0 Å². The molecule has 0 atom stereocenters. The third-order valence-electron chi connectivity index (χ3n) is 2.51. The van der Waals surface area contributed by atoms with Crippen LogP contribution in [0, 0.1) is 0 Å². The lowest BCUT2D eigenvalue weighted by atomic mass is 10.3. The molecule has 0 spiro atoms. The number of aliphatic hydroxyl groups is 1. The number of aliphatic hydroxyl groups excluding tert-OH is 1. The van der Waals surface area contributed by atoms with Gasteiger partial charge in [-0.05, 0) is 11.6 Å². The van der Waals surface area contributed by atoms with E-state index in [1.54, 1.807) is 30.2 Å². The molecule has 0 aromatic carbocycles. The Morgan fingerprint density at radius 3 is 2.88 bits per heavy atom. The highest BCUT2D eigenvalue weighted by molar-refractivity contribution is 5.10. The molecule has 84 valence electrons. The second-order valence-electron chi connectivity index (χ2n) is 3.61. The molecule has 0 aliphatic carbocycles. The molecule has 0 saturated heterocycles. The van der Waals surface area contributed by atoms with Gasteiger partial charge < -0.3 is 5.11 Å². The number of rotatable bonds is 3. The van der Waals surface area contributed by atoms with Gasteiger partial charge in [-0.1, -0.05) is 6.07 Å². The van der Waals surface area contributed by atoms with Crippen LogP contribution >= 0.6 is 0 Å². The summed E-state index contributed by atoms with van der Waals surface area (Å²) in [6, 6.07) is 3.74. The highest BCUT2D eigenvalue weighted by atomic mass is 16.3. The number of hydrogen-bond donors (Lipinski definition) is 1. The van der Waals surface area contributed by atoms with Crippen LogP contribution in [0.2, 0.25) is 0 Å². The summed E-state index contributed by atoms with van der Waals surface area (Å²) in [5, 5.41) is 9.04. The molecule has 2 aromatic rings. The second-order valence-corrected chi connectivity index (χ2v) is 3.61. The zero-order chi connectivity index (χ0) is 11.5. The Morgan fingerprint density at radius 2 is 2.31 bits per heavy atom. The van der Waals surface area contributed by atoms with Gasteiger partial charge in [0.25, 0.3) is 0 Å². The average molecular weight is 219 g/mol. The molecule has 0 aliphatic heterocycles. The Hall–Kier alpha value is -1.88.